The predicted molar refractivity (Wildman–Crippen MR) is 114 cm³/mol. The van der Waals surface area contributed by atoms with Gasteiger partial charge in [-0.3, -0.25) is 9.59 Å². The zero-order valence-electron chi connectivity index (χ0n) is 16.0. The van der Waals surface area contributed by atoms with Gasteiger partial charge in [0.05, 0.1) is 17.0 Å². The number of phenols is 1. The van der Waals surface area contributed by atoms with Crippen LogP contribution in [0.4, 0.5) is 4.39 Å². The van der Waals surface area contributed by atoms with Crippen LogP contribution in [0.3, 0.4) is 0 Å². The van der Waals surface area contributed by atoms with Gasteiger partial charge in [-0.25, -0.2) is 4.39 Å². The second-order valence-corrected chi connectivity index (χ2v) is 7.74. The summed E-state index contributed by atoms with van der Waals surface area (Å²) in [7, 11) is 0. The van der Waals surface area contributed by atoms with Crippen molar-refractivity contribution in [2.45, 2.75) is 12.6 Å². The van der Waals surface area contributed by atoms with Crippen molar-refractivity contribution in [3.63, 3.8) is 0 Å². The number of hydrogen-bond donors (Lipinski definition) is 1. The molecule has 0 saturated carbocycles. The first-order chi connectivity index (χ1) is 14.9. The van der Waals surface area contributed by atoms with Crippen LogP contribution in [0, 0.1) is 5.82 Å². The summed E-state index contributed by atoms with van der Waals surface area (Å²) < 4.78 is 19.6. The largest absolute Gasteiger partial charge is 0.508 e. The maximum atomic E-state index is 13.8. The Bertz CT molecular complexity index is 1410. The van der Waals surface area contributed by atoms with Crippen LogP contribution in [0.1, 0.15) is 33.3 Å². The fraction of sp³-hybridized carbons (Fsp3) is 0.0833. The summed E-state index contributed by atoms with van der Waals surface area (Å²) in [5.41, 5.74) is 0.980. The molecule has 1 aliphatic rings. The van der Waals surface area contributed by atoms with Gasteiger partial charge in [0.15, 0.2) is 5.43 Å². The lowest BCUT2D eigenvalue weighted by Crippen LogP contribution is -2.29. The number of phenolic OH excluding ortho intramolecular Hbond substituents is 1. The van der Waals surface area contributed by atoms with Gasteiger partial charge in [-0.1, -0.05) is 41.9 Å². The zero-order valence-corrected chi connectivity index (χ0v) is 16.8. The minimum absolute atomic E-state index is 0.00712. The second kappa shape index (κ2) is 7.25. The topological polar surface area (TPSA) is 70.8 Å². The van der Waals surface area contributed by atoms with E-state index in [2.05, 4.69) is 0 Å². The summed E-state index contributed by atoms with van der Waals surface area (Å²) in [5, 5.41) is 10.5. The SMILES string of the molecule is O=C1c2oc3ccc(F)cc3c(=O)c2[C@@H](c2cccc(O)c2)N1Cc1ccccc1Cl. The van der Waals surface area contributed by atoms with E-state index in [1.165, 1.54) is 29.2 Å². The van der Waals surface area contributed by atoms with Crippen LogP contribution in [-0.4, -0.2) is 15.9 Å². The van der Waals surface area contributed by atoms with Crippen molar-refractivity contribution in [2.24, 2.45) is 0 Å². The van der Waals surface area contributed by atoms with E-state index in [9.17, 15) is 19.1 Å². The quantitative estimate of drug-likeness (QED) is 0.489. The molecule has 7 heteroatoms. The molecule has 5 nitrogen and oxygen atoms in total. The fourth-order valence-electron chi connectivity index (χ4n) is 4.01. The third-order valence-corrected chi connectivity index (χ3v) is 5.78. The van der Waals surface area contributed by atoms with Gasteiger partial charge in [0.1, 0.15) is 17.1 Å². The summed E-state index contributed by atoms with van der Waals surface area (Å²) in [6, 6.07) is 16.2. The average molecular weight is 436 g/mol. The van der Waals surface area contributed by atoms with Gasteiger partial charge in [-0.05, 0) is 47.5 Å². The van der Waals surface area contributed by atoms with Crippen molar-refractivity contribution in [3.8, 4) is 5.75 Å². The molecule has 1 N–H and O–H groups in total. The highest BCUT2D eigenvalue weighted by Gasteiger charge is 2.43. The molecule has 5 rings (SSSR count). The molecular weight excluding hydrogens is 421 g/mol. The summed E-state index contributed by atoms with van der Waals surface area (Å²) in [5.74, 6) is -1.16. The van der Waals surface area contributed by atoms with Crippen molar-refractivity contribution in [1.82, 2.24) is 4.90 Å². The molecule has 1 amide bonds. The lowest BCUT2D eigenvalue weighted by Gasteiger charge is -2.25. The Labute approximate surface area is 180 Å². The summed E-state index contributed by atoms with van der Waals surface area (Å²) >= 11 is 6.31. The maximum absolute atomic E-state index is 13.8. The number of rotatable bonds is 3. The standard InChI is InChI=1S/C24H15ClFNO4/c25-18-7-2-1-4-14(18)12-27-21(13-5-3-6-16(28)10-13)20-22(29)17-11-15(26)8-9-19(17)31-23(20)24(27)30/h1-11,21,28H,12H2/t21-/m1/s1. The van der Waals surface area contributed by atoms with Crippen LogP contribution in [0.25, 0.3) is 11.0 Å². The van der Waals surface area contributed by atoms with Gasteiger partial charge >= 0.3 is 0 Å². The zero-order chi connectivity index (χ0) is 21.7. The molecule has 0 fully saturated rings. The number of aromatic hydroxyl groups is 1. The highest BCUT2D eigenvalue weighted by Crippen LogP contribution is 2.40. The number of fused-ring (bicyclic) bond motifs is 2. The number of amides is 1. The van der Waals surface area contributed by atoms with E-state index in [1.54, 1.807) is 36.4 Å². The third-order valence-electron chi connectivity index (χ3n) is 5.41. The lowest BCUT2D eigenvalue weighted by molar-refractivity contribution is 0.0714. The fourth-order valence-corrected chi connectivity index (χ4v) is 4.20. The summed E-state index contributed by atoms with van der Waals surface area (Å²) in [4.78, 5) is 28.2. The Morgan fingerprint density at radius 1 is 1.03 bits per heavy atom. The van der Waals surface area contributed by atoms with E-state index in [4.69, 9.17) is 16.0 Å². The first-order valence-corrected chi connectivity index (χ1v) is 9.91. The van der Waals surface area contributed by atoms with Gasteiger partial charge in [0, 0.05) is 11.6 Å². The van der Waals surface area contributed by atoms with Crippen molar-refractivity contribution in [2.75, 3.05) is 0 Å². The molecule has 4 aromatic rings. The summed E-state index contributed by atoms with van der Waals surface area (Å²) in [6.07, 6.45) is 0. The molecule has 1 atom stereocenters. The first kappa shape index (κ1) is 19.3. The molecule has 0 unspecified atom stereocenters. The third kappa shape index (κ3) is 3.16. The maximum Gasteiger partial charge on any atom is 0.291 e. The molecule has 0 saturated heterocycles. The molecule has 1 aromatic heterocycles. The molecule has 0 bridgehead atoms. The molecule has 31 heavy (non-hydrogen) atoms. The van der Waals surface area contributed by atoms with Crippen LogP contribution in [0.2, 0.25) is 5.02 Å². The van der Waals surface area contributed by atoms with Crippen molar-refractivity contribution in [1.29, 1.82) is 0 Å². The van der Waals surface area contributed by atoms with E-state index < -0.39 is 23.2 Å². The Balaban J connectivity index is 1.75. The summed E-state index contributed by atoms with van der Waals surface area (Å²) in [6.45, 7) is 0.118. The lowest BCUT2D eigenvalue weighted by atomic mass is 9.98. The van der Waals surface area contributed by atoms with Crippen LogP contribution in [0.15, 0.2) is 75.9 Å². The number of hydrogen-bond acceptors (Lipinski definition) is 4. The number of benzene rings is 3. The molecule has 1 aliphatic heterocycles. The second-order valence-electron chi connectivity index (χ2n) is 7.34. The van der Waals surface area contributed by atoms with Crippen molar-refractivity contribution in [3.05, 3.63) is 110 Å². The smallest absolute Gasteiger partial charge is 0.291 e. The van der Waals surface area contributed by atoms with Gasteiger partial charge in [-0.2, -0.15) is 0 Å². The molecule has 154 valence electrons. The first-order valence-electron chi connectivity index (χ1n) is 9.53. The minimum Gasteiger partial charge on any atom is -0.508 e. The van der Waals surface area contributed by atoms with E-state index in [0.717, 1.165) is 6.07 Å². The van der Waals surface area contributed by atoms with Crippen molar-refractivity contribution >= 4 is 28.5 Å². The molecule has 0 radical (unpaired) electrons. The van der Waals surface area contributed by atoms with Crippen LogP contribution < -0.4 is 5.43 Å². The normalized spacial score (nSPS) is 15.5. The number of halogens is 2. The number of carbonyl (C=O) groups is 1. The Morgan fingerprint density at radius 3 is 2.61 bits per heavy atom. The van der Waals surface area contributed by atoms with Gasteiger partial charge in [0.2, 0.25) is 5.76 Å². The minimum atomic E-state index is -0.824. The molecule has 2 heterocycles. The molecule has 0 aliphatic carbocycles. The van der Waals surface area contributed by atoms with E-state index in [-0.39, 0.29) is 34.6 Å². The van der Waals surface area contributed by atoms with Crippen molar-refractivity contribution < 1.29 is 18.7 Å². The van der Waals surface area contributed by atoms with E-state index >= 15 is 0 Å². The van der Waals surface area contributed by atoms with Crippen LogP contribution in [0.5, 0.6) is 5.75 Å². The highest BCUT2D eigenvalue weighted by molar-refractivity contribution is 6.31. The molecule has 3 aromatic carbocycles. The number of nitrogens with zero attached hydrogens (tertiary/aromatic N) is 1. The average Bonchev–Trinajstić information content (AvgIpc) is 3.02. The Morgan fingerprint density at radius 2 is 1.84 bits per heavy atom. The van der Waals surface area contributed by atoms with E-state index in [1.807, 2.05) is 0 Å². The highest BCUT2D eigenvalue weighted by atomic mass is 35.5. The van der Waals surface area contributed by atoms with Crippen LogP contribution >= 0.6 is 11.6 Å². The monoisotopic (exact) mass is 435 g/mol. The Kier molecular flexibility index (Phi) is 4.52. The molecular formula is C24H15ClFNO4. The van der Waals surface area contributed by atoms with Gasteiger partial charge < -0.3 is 14.4 Å². The van der Waals surface area contributed by atoms with E-state index in [0.29, 0.717) is 16.1 Å². The number of carbonyl (C=O) groups excluding carboxylic acids is 1. The van der Waals surface area contributed by atoms with Gasteiger partial charge in [-0.15, -0.1) is 0 Å². The molecule has 0 spiro atoms. The Hall–Kier alpha value is -3.64. The predicted octanol–water partition coefficient (Wildman–Crippen LogP) is 5.04. The van der Waals surface area contributed by atoms with Crippen LogP contribution in [-0.2, 0) is 6.54 Å². The van der Waals surface area contributed by atoms with Gasteiger partial charge in [0.25, 0.3) is 5.91 Å².